The van der Waals surface area contributed by atoms with Crippen molar-refractivity contribution >= 4 is 5.97 Å². The monoisotopic (exact) mass is 872 g/mol. The van der Waals surface area contributed by atoms with Crippen LogP contribution in [-0.4, -0.2) is 123 Å². The lowest BCUT2D eigenvalue weighted by Crippen LogP contribution is -2.62. The summed E-state index contributed by atoms with van der Waals surface area (Å²) in [6, 6.07) is 0. The maximum Gasteiger partial charge on any atom is 0.306 e. The van der Waals surface area contributed by atoms with E-state index in [4.69, 9.17) is 43.0 Å². The standard InChI is InChI=1S/C48H73NO13/c1-25-14-34(10-9-33(50)18-40(51)52)56-44(20-25)11-12-47(62-44)31(7)17-35-36(59-47)19-38(55-35)43(53)48(54)32(8)16-28(4)41(61-48)29(5)22-45-21-26(2)15-37(57-45)42-39(58-45)23-46(60-42)30(6)13-27(3)24-49-46/h9-10,20,26-28,30-39,41-43,49-50,53-54H,5,11-19,21-24H2,1-4,6-8H3,(H,51,52)/t26-,27+,28+,30-,31+,32-,33+,34-,35+,36+,37+,38-,39+,41+,42+,43+,44-,45+,46-,47-,48-/m1/s1. The summed E-state index contributed by atoms with van der Waals surface area (Å²) in [6.45, 7) is 20.4. The molecule has 14 heteroatoms. The van der Waals surface area contributed by atoms with Crippen molar-refractivity contribution < 1.29 is 63.1 Å². The number of carboxylic acid groups (broad SMARTS) is 1. The number of carbonyl (C=O) groups is 1. The van der Waals surface area contributed by atoms with Gasteiger partial charge in [0.1, 0.15) is 17.9 Å². The first kappa shape index (κ1) is 45.4. The number of nitrogens with one attached hydrogen (secondary N) is 1. The van der Waals surface area contributed by atoms with Crippen LogP contribution in [-0.2, 0) is 42.7 Å². The zero-order valence-corrected chi connectivity index (χ0v) is 37.8. The normalized spacial score (nSPS) is 52.3. The zero-order valence-electron chi connectivity index (χ0n) is 37.8. The highest BCUT2D eigenvalue weighted by molar-refractivity contribution is 5.67. The van der Waals surface area contributed by atoms with Crippen molar-refractivity contribution in [2.45, 2.75) is 215 Å². The van der Waals surface area contributed by atoms with Crippen LogP contribution in [0.4, 0.5) is 0 Å². The van der Waals surface area contributed by atoms with Gasteiger partial charge < -0.3 is 58.3 Å². The van der Waals surface area contributed by atoms with Crippen molar-refractivity contribution in [3.63, 3.8) is 0 Å². The van der Waals surface area contributed by atoms with E-state index in [1.807, 2.05) is 19.9 Å². The average Bonchev–Trinajstić information content (AvgIpc) is 3.87. The minimum Gasteiger partial charge on any atom is -0.481 e. The van der Waals surface area contributed by atoms with Crippen molar-refractivity contribution in [1.29, 1.82) is 0 Å². The third-order valence-corrected chi connectivity index (χ3v) is 16.2. The van der Waals surface area contributed by atoms with Gasteiger partial charge in [-0.15, -0.1) is 0 Å². The molecular weight excluding hydrogens is 799 g/mol. The number of hydrogen-bond acceptors (Lipinski definition) is 13. The second kappa shape index (κ2) is 16.5. The topological polar surface area (TPSA) is 184 Å². The van der Waals surface area contributed by atoms with Gasteiger partial charge in [-0.1, -0.05) is 65.8 Å². The lowest BCUT2D eigenvalue weighted by molar-refractivity contribution is -0.367. The predicted octanol–water partition coefficient (Wildman–Crippen LogP) is 5.62. The molecule has 9 rings (SSSR count). The minimum atomic E-state index is -1.90. The zero-order chi connectivity index (χ0) is 44.1. The van der Waals surface area contributed by atoms with Crippen LogP contribution in [0.3, 0.4) is 0 Å². The number of ether oxygens (including phenoxy) is 8. The second-order valence-electron chi connectivity index (χ2n) is 21.6. The Hall–Kier alpha value is -1.79. The third-order valence-electron chi connectivity index (χ3n) is 16.2. The van der Waals surface area contributed by atoms with E-state index in [-0.39, 0.29) is 48.8 Å². The molecule has 0 aromatic carbocycles. The number of carboxylic acids is 1. The number of aliphatic carboxylic acids is 1. The summed E-state index contributed by atoms with van der Waals surface area (Å²) in [6.07, 6.45) is 6.88. The van der Waals surface area contributed by atoms with Gasteiger partial charge in [-0.2, -0.15) is 0 Å². The second-order valence-corrected chi connectivity index (χ2v) is 21.6. The molecule has 3 spiro atoms. The van der Waals surface area contributed by atoms with Crippen molar-refractivity contribution in [3.05, 3.63) is 36.0 Å². The quantitative estimate of drug-likeness (QED) is 0.180. The van der Waals surface area contributed by atoms with E-state index < -0.39 is 71.3 Å². The van der Waals surface area contributed by atoms with Gasteiger partial charge in [-0.05, 0) is 74.3 Å². The molecule has 9 aliphatic heterocycles. The summed E-state index contributed by atoms with van der Waals surface area (Å²) in [5.41, 5.74) is 1.44. The van der Waals surface area contributed by atoms with Gasteiger partial charge in [0.05, 0.1) is 55.3 Å². The SMILES string of the molecule is C=C(C[C@@]12C[C@H](C)C[C@H](O1)[C@@H]1O[C@@]3(C[C@@H]1O2)NC[C@@H](C)C[C@H]3C)[C@H]1O[C@@](O)([C@@H](O)[C@H]2C[C@@H]3O[C@@]4(CC[C@]5(C=C(C)C[C@@H](C=C[C@H](O)CC(=O)O)O5)O4)[C@@H](C)C[C@@H]3O2)[C@H](C)C[C@@H]1C. The van der Waals surface area contributed by atoms with E-state index >= 15 is 0 Å². The molecule has 0 amide bonds. The maximum absolute atomic E-state index is 12.4. The first-order chi connectivity index (χ1) is 29.2. The molecule has 8 saturated heterocycles. The third kappa shape index (κ3) is 8.22. The smallest absolute Gasteiger partial charge is 0.306 e. The molecule has 62 heavy (non-hydrogen) atoms. The molecule has 8 fully saturated rings. The van der Waals surface area contributed by atoms with Crippen LogP contribution in [0, 0.1) is 35.5 Å². The molecule has 0 saturated carbocycles. The first-order valence-electron chi connectivity index (χ1n) is 23.7. The highest BCUT2D eigenvalue weighted by Gasteiger charge is 2.64. The van der Waals surface area contributed by atoms with Crippen molar-refractivity contribution in [2.24, 2.45) is 35.5 Å². The molecule has 5 N–H and O–H groups in total. The molecule has 0 aliphatic carbocycles. The summed E-state index contributed by atoms with van der Waals surface area (Å²) in [5.74, 6) is -4.97. The lowest BCUT2D eigenvalue weighted by atomic mass is 9.76. The Labute approximate surface area is 367 Å². The van der Waals surface area contributed by atoms with E-state index in [9.17, 15) is 20.1 Å². The minimum absolute atomic E-state index is 0.0226. The maximum atomic E-state index is 12.4. The van der Waals surface area contributed by atoms with Gasteiger partial charge in [0, 0.05) is 56.9 Å². The molecule has 21 atom stereocenters. The Balaban J connectivity index is 0.852. The van der Waals surface area contributed by atoms with Crippen LogP contribution >= 0.6 is 0 Å². The van der Waals surface area contributed by atoms with Crippen LogP contribution in [0.2, 0.25) is 0 Å². The molecule has 9 heterocycles. The van der Waals surface area contributed by atoms with Gasteiger partial charge >= 0.3 is 5.97 Å². The van der Waals surface area contributed by atoms with Crippen LogP contribution in [0.5, 0.6) is 0 Å². The predicted molar refractivity (Wildman–Crippen MR) is 225 cm³/mol. The van der Waals surface area contributed by atoms with E-state index in [2.05, 4.69) is 46.5 Å². The summed E-state index contributed by atoms with van der Waals surface area (Å²) < 4.78 is 54.2. The largest absolute Gasteiger partial charge is 0.481 e. The molecule has 348 valence electrons. The van der Waals surface area contributed by atoms with Crippen LogP contribution in [0.15, 0.2) is 36.0 Å². The number of piperidine rings is 1. The molecule has 0 aromatic rings. The number of fused-ring (bicyclic) bond motifs is 5. The van der Waals surface area contributed by atoms with Gasteiger partial charge in [-0.25, -0.2) is 0 Å². The van der Waals surface area contributed by atoms with Crippen LogP contribution in [0.1, 0.15) is 126 Å². The molecule has 0 unspecified atom stereocenters. The van der Waals surface area contributed by atoms with Crippen LogP contribution < -0.4 is 5.32 Å². The number of hydrogen-bond donors (Lipinski definition) is 5. The Kier molecular flexibility index (Phi) is 12.1. The van der Waals surface area contributed by atoms with Gasteiger partial charge in [0.2, 0.25) is 0 Å². The Bertz CT molecular complexity index is 1780. The lowest BCUT2D eigenvalue weighted by Gasteiger charge is -2.53. The number of aliphatic hydroxyl groups is 3. The van der Waals surface area contributed by atoms with Crippen molar-refractivity contribution in [1.82, 2.24) is 5.32 Å². The molecule has 2 bridgehead atoms. The fourth-order valence-electron chi connectivity index (χ4n) is 13.2. The highest BCUT2D eigenvalue weighted by atomic mass is 16.8. The molecule has 14 nitrogen and oxygen atoms in total. The molecule has 0 radical (unpaired) electrons. The summed E-state index contributed by atoms with van der Waals surface area (Å²) in [4.78, 5) is 11.1. The highest BCUT2D eigenvalue weighted by Crippen LogP contribution is 2.56. The summed E-state index contributed by atoms with van der Waals surface area (Å²) >= 11 is 0. The van der Waals surface area contributed by atoms with Crippen LogP contribution in [0.25, 0.3) is 0 Å². The van der Waals surface area contributed by atoms with E-state index in [0.29, 0.717) is 62.7 Å². The molecule has 9 aliphatic rings. The fraction of sp³-hybridized carbons (Fsp3) is 0.854. The van der Waals surface area contributed by atoms with Gasteiger partial charge in [-0.3, -0.25) is 10.1 Å². The molecular formula is C48H73NO13. The van der Waals surface area contributed by atoms with E-state index in [1.165, 1.54) is 6.08 Å². The van der Waals surface area contributed by atoms with Crippen molar-refractivity contribution in [2.75, 3.05) is 6.54 Å². The Morgan fingerprint density at radius 2 is 1.65 bits per heavy atom. The summed E-state index contributed by atoms with van der Waals surface area (Å²) in [7, 11) is 0. The number of aliphatic hydroxyl groups excluding tert-OH is 2. The number of rotatable bonds is 9. The van der Waals surface area contributed by atoms with Gasteiger partial charge in [0.15, 0.2) is 23.1 Å². The van der Waals surface area contributed by atoms with E-state index in [1.54, 1.807) is 6.08 Å². The fourth-order valence-corrected chi connectivity index (χ4v) is 13.2. The van der Waals surface area contributed by atoms with E-state index in [0.717, 1.165) is 43.4 Å². The average molecular weight is 872 g/mol. The Morgan fingerprint density at radius 3 is 2.40 bits per heavy atom. The Morgan fingerprint density at radius 1 is 0.871 bits per heavy atom. The first-order valence-corrected chi connectivity index (χ1v) is 23.7. The summed E-state index contributed by atoms with van der Waals surface area (Å²) in [5, 5.41) is 47.5. The van der Waals surface area contributed by atoms with Crippen molar-refractivity contribution in [3.8, 4) is 0 Å². The molecule has 0 aromatic heterocycles. The van der Waals surface area contributed by atoms with Gasteiger partial charge in [0.25, 0.3) is 0 Å².